The van der Waals surface area contributed by atoms with Gasteiger partial charge in [-0.25, -0.2) is 13.1 Å². The molecule has 3 rings (SSSR count). The summed E-state index contributed by atoms with van der Waals surface area (Å²) in [5.74, 6) is 1.24. The highest BCUT2D eigenvalue weighted by Crippen LogP contribution is 2.20. The Bertz CT molecular complexity index is 873. The van der Waals surface area contributed by atoms with Gasteiger partial charge in [-0.15, -0.1) is 0 Å². The normalized spacial score (nSPS) is 19.9. The molecule has 1 fully saturated rings. The second-order valence-electron chi connectivity index (χ2n) is 6.01. The number of sulfone groups is 1. The van der Waals surface area contributed by atoms with Crippen LogP contribution in [-0.4, -0.2) is 56.7 Å². The van der Waals surface area contributed by atoms with Gasteiger partial charge in [-0.2, -0.15) is 5.10 Å². The molecule has 2 aromatic heterocycles. The first-order chi connectivity index (χ1) is 11.4. The van der Waals surface area contributed by atoms with Crippen LogP contribution in [0.1, 0.15) is 13.3 Å². The number of rotatable bonds is 5. The highest BCUT2D eigenvalue weighted by Gasteiger charge is 2.32. The lowest BCUT2D eigenvalue weighted by Crippen LogP contribution is -2.37. The van der Waals surface area contributed by atoms with Gasteiger partial charge in [0.15, 0.2) is 20.4 Å². The summed E-state index contributed by atoms with van der Waals surface area (Å²) in [7, 11) is -1.03. The molecule has 1 saturated heterocycles. The number of hydrogen-bond donors (Lipinski definition) is 0. The van der Waals surface area contributed by atoms with Crippen molar-refractivity contribution in [2.45, 2.75) is 26.1 Å². The summed E-state index contributed by atoms with van der Waals surface area (Å²) >= 11 is 5.50. The second-order valence-corrected chi connectivity index (χ2v) is 8.60. The Morgan fingerprint density at radius 2 is 2.25 bits per heavy atom. The molecule has 9 heteroatoms. The molecule has 0 amide bonds. The highest BCUT2D eigenvalue weighted by molar-refractivity contribution is 7.91. The van der Waals surface area contributed by atoms with E-state index in [0.29, 0.717) is 17.9 Å². The lowest BCUT2D eigenvalue weighted by atomic mass is 10.2. The molecule has 1 aliphatic rings. The van der Waals surface area contributed by atoms with Crippen LogP contribution in [0.3, 0.4) is 0 Å². The van der Waals surface area contributed by atoms with E-state index >= 15 is 0 Å². The topological polar surface area (TPSA) is 73.0 Å². The van der Waals surface area contributed by atoms with Crippen molar-refractivity contribution >= 4 is 22.1 Å². The maximum Gasteiger partial charge on any atom is 0.199 e. The molecule has 24 heavy (non-hydrogen) atoms. The van der Waals surface area contributed by atoms with Gasteiger partial charge in [0.05, 0.1) is 18.2 Å². The van der Waals surface area contributed by atoms with Gasteiger partial charge >= 0.3 is 0 Å². The fraction of sp³-hybridized carbons (Fsp3) is 0.533. The van der Waals surface area contributed by atoms with Gasteiger partial charge in [-0.3, -0.25) is 9.88 Å². The van der Waals surface area contributed by atoms with E-state index < -0.39 is 9.84 Å². The van der Waals surface area contributed by atoms with E-state index in [1.165, 1.54) is 0 Å². The zero-order valence-corrected chi connectivity index (χ0v) is 15.4. The van der Waals surface area contributed by atoms with Gasteiger partial charge in [0.2, 0.25) is 0 Å². The van der Waals surface area contributed by atoms with E-state index in [1.54, 1.807) is 17.1 Å². The molecule has 7 nitrogen and oxygen atoms in total. The molecule has 0 saturated carbocycles. The molecule has 0 radical (unpaired) electrons. The van der Waals surface area contributed by atoms with E-state index in [9.17, 15) is 8.42 Å². The fourth-order valence-corrected chi connectivity index (χ4v) is 4.98. The van der Waals surface area contributed by atoms with E-state index in [1.807, 2.05) is 30.7 Å². The second kappa shape index (κ2) is 6.73. The lowest BCUT2D eigenvalue weighted by Gasteiger charge is -2.25. The maximum absolute atomic E-state index is 11.7. The summed E-state index contributed by atoms with van der Waals surface area (Å²) in [6, 6.07) is 3.83. The fourth-order valence-electron chi connectivity index (χ4n) is 3.04. The first-order valence-corrected chi connectivity index (χ1v) is 10.1. The van der Waals surface area contributed by atoms with Crippen LogP contribution < -0.4 is 0 Å². The van der Waals surface area contributed by atoms with Gasteiger partial charge in [-0.1, -0.05) is 6.92 Å². The molecule has 2 aromatic rings. The van der Waals surface area contributed by atoms with E-state index in [4.69, 9.17) is 12.2 Å². The third kappa shape index (κ3) is 3.42. The number of aromatic nitrogens is 4. The Kier molecular flexibility index (Phi) is 4.84. The Labute approximate surface area is 146 Å². The minimum absolute atomic E-state index is 0.0331. The Hall–Kier alpha value is -1.58. The van der Waals surface area contributed by atoms with Gasteiger partial charge < -0.3 is 4.57 Å². The first kappa shape index (κ1) is 17.2. The largest absolute Gasteiger partial charge is 0.303 e. The summed E-state index contributed by atoms with van der Waals surface area (Å²) in [4.78, 5) is 6.25. The van der Waals surface area contributed by atoms with Crippen molar-refractivity contribution in [3.8, 4) is 11.4 Å². The molecular formula is C15H21N5O2S2. The Morgan fingerprint density at radius 1 is 1.46 bits per heavy atom. The summed E-state index contributed by atoms with van der Waals surface area (Å²) < 4.78 is 27.7. The van der Waals surface area contributed by atoms with Crippen LogP contribution in [0.15, 0.2) is 24.5 Å². The molecule has 0 N–H and O–H groups in total. The number of hydrogen-bond acceptors (Lipinski definition) is 6. The molecule has 0 bridgehead atoms. The van der Waals surface area contributed by atoms with Gasteiger partial charge in [0, 0.05) is 31.0 Å². The molecule has 130 valence electrons. The van der Waals surface area contributed by atoms with E-state index in [2.05, 4.69) is 15.0 Å². The van der Waals surface area contributed by atoms with Gasteiger partial charge in [0.1, 0.15) is 0 Å². The van der Waals surface area contributed by atoms with Crippen LogP contribution >= 0.6 is 12.2 Å². The SMILES string of the molecule is CCN(Cn1nc(-c2cccnc2)n(C)c1=S)C1CCS(=O)(=O)C1. The third-order valence-electron chi connectivity index (χ3n) is 4.41. The monoisotopic (exact) mass is 367 g/mol. The van der Waals surface area contributed by atoms with Crippen LogP contribution in [0.2, 0.25) is 0 Å². The number of pyridine rings is 1. The molecular weight excluding hydrogens is 346 g/mol. The summed E-state index contributed by atoms with van der Waals surface area (Å²) in [6.45, 7) is 3.27. The Balaban J connectivity index is 1.86. The predicted octanol–water partition coefficient (Wildman–Crippen LogP) is 1.48. The van der Waals surface area contributed by atoms with E-state index in [0.717, 1.165) is 17.9 Å². The van der Waals surface area contributed by atoms with Crippen LogP contribution in [-0.2, 0) is 23.6 Å². The first-order valence-electron chi connectivity index (χ1n) is 7.90. The van der Waals surface area contributed by atoms with Crippen molar-refractivity contribution in [3.05, 3.63) is 29.3 Å². The molecule has 1 aliphatic heterocycles. The smallest absolute Gasteiger partial charge is 0.199 e. The zero-order valence-electron chi connectivity index (χ0n) is 13.8. The summed E-state index contributed by atoms with van der Waals surface area (Å²) in [5, 5.41) is 4.62. The van der Waals surface area contributed by atoms with Crippen molar-refractivity contribution < 1.29 is 8.42 Å². The van der Waals surface area contributed by atoms with Crippen LogP contribution in [0, 0.1) is 4.77 Å². The van der Waals surface area contributed by atoms with Gasteiger partial charge in [-0.05, 0) is 37.3 Å². The molecule has 0 aliphatic carbocycles. The lowest BCUT2D eigenvalue weighted by molar-refractivity contribution is 0.164. The van der Waals surface area contributed by atoms with Crippen molar-refractivity contribution in [3.63, 3.8) is 0 Å². The summed E-state index contributed by atoms with van der Waals surface area (Å²) in [5.41, 5.74) is 0.899. The van der Waals surface area contributed by atoms with Crippen molar-refractivity contribution in [2.75, 3.05) is 18.1 Å². The molecule has 3 heterocycles. The molecule has 1 unspecified atom stereocenters. The van der Waals surface area contributed by atoms with Gasteiger partial charge in [0.25, 0.3) is 0 Å². The minimum atomic E-state index is -2.91. The number of nitrogens with zero attached hydrogens (tertiary/aromatic N) is 5. The van der Waals surface area contributed by atoms with Crippen molar-refractivity contribution in [2.24, 2.45) is 7.05 Å². The average molecular weight is 368 g/mol. The van der Waals surface area contributed by atoms with Crippen molar-refractivity contribution in [1.82, 2.24) is 24.2 Å². The van der Waals surface area contributed by atoms with Crippen LogP contribution in [0.4, 0.5) is 0 Å². The highest BCUT2D eigenvalue weighted by atomic mass is 32.2. The zero-order chi connectivity index (χ0) is 17.3. The third-order valence-corrected chi connectivity index (χ3v) is 6.64. The Morgan fingerprint density at radius 3 is 2.83 bits per heavy atom. The standard InChI is InChI=1S/C15H21N5O2S2/c1-3-19(13-6-8-24(21,22)10-13)11-20-15(23)18(2)14(17-20)12-5-4-7-16-9-12/h4-5,7,9,13H,3,6,8,10-11H2,1-2H3. The minimum Gasteiger partial charge on any atom is -0.303 e. The molecule has 0 aromatic carbocycles. The van der Waals surface area contributed by atoms with E-state index in [-0.39, 0.29) is 17.5 Å². The molecule has 0 spiro atoms. The maximum atomic E-state index is 11.7. The quantitative estimate of drug-likeness (QED) is 0.746. The van der Waals surface area contributed by atoms with Crippen LogP contribution in [0.25, 0.3) is 11.4 Å². The average Bonchev–Trinajstić information content (AvgIpc) is 3.07. The summed E-state index contributed by atoms with van der Waals surface area (Å²) in [6.07, 6.45) is 4.14. The predicted molar refractivity (Wildman–Crippen MR) is 94.7 cm³/mol. The molecule has 1 atom stereocenters. The van der Waals surface area contributed by atoms with Crippen LogP contribution in [0.5, 0.6) is 0 Å². The van der Waals surface area contributed by atoms with Crippen molar-refractivity contribution in [1.29, 1.82) is 0 Å².